The average Bonchev–Trinajstić information content (AvgIpc) is 3.26. The SMILES string of the molecule is CCOC(=O)C(C(C1=C(O)OC(C)(C)OC1=O)c1ccccc1)n1c[n+](Cc2ccccc2)c2ccccc21. The Morgan fingerprint density at radius 3 is 2.28 bits per heavy atom. The predicted molar refractivity (Wildman–Crippen MR) is 143 cm³/mol. The van der Waals surface area contributed by atoms with Gasteiger partial charge in [-0.3, -0.25) is 0 Å². The first-order valence-electron chi connectivity index (χ1n) is 12.9. The van der Waals surface area contributed by atoms with E-state index in [0.717, 1.165) is 16.6 Å². The number of aliphatic hydroxyl groups is 1. The highest BCUT2D eigenvalue weighted by Gasteiger charge is 2.48. The maximum atomic E-state index is 13.8. The lowest BCUT2D eigenvalue weighted by Crippen LogP contribution is -2.41. The van der Waals surface area contributed by atoms with Crippen LogP contribution in [0.2, 0.25) is 0 Å². The van der Waals surface area contributed by atoms with Gasteiger partial charge in [-0.1, -0.05) is 72.8 Å². The smallest absolute Gasteiger partial charge is 0.352 e. The van der Waals surface area contributed by atoms with E-state index in [1.54, 1.807) is 23.6 Å². The molecule has 5 rings (SSSR count). The van der Waals surface area contributed by atoms with Gasteiger partial charge >= 0.3 is 11.9 Å². The van der Waals surface area contributed by atoms with Crippen LogP contribution in [0, 0.1) is 0 Å². The number of rotatable bonds is 8. The molecule has 200 valence electrons. The van der Waals surface area contributed by atoms with Crippen LogP contribution in [-0.4, -0.2) is 34.0 Å². The molecule has 39 heavy (non-hydrogen) atoms. The third-order valence-corrected chi connectivity index (χ3v) is 6.67. The molecule has 1 aliphatic heterocycles. The zero-order valence-electron chi connectivity index (χ0n) is 22.1. The Morgan fingerprint density at radius 1 is 0.974 bits per heavy atom. The average molecular weight is 528 g/mol. The van der Waals surface area contributed by atoms with Crippen LogP contribution in [0.5, 0.6) is 0 Å². The Hall–Kier alpha value is -4.59. The molecule has 8 heteroatoms. The van der Waals surface area contributed by atoms with Gasteiger partial charge in [-0.2, -0.15) is 0 Å². The summed E-state index contributed by atoms with van der Waals surface area (Å²) < 4.78 is 20.5. The Balaban J connectivity index is 1.74. The van der Waals surface area contributed by atoms with Crippen LogP contribution < -0.4 is 4.57 Å². The van der Waals surface area contributed by atoms with E-state index in [4.69, 9.17) is 14.2 Å². The third-order valence-electron chi connectivity index (χ3n) is 6.67. The number of nitrogens with zero attached hydrogens (tertiary/aromatic N) is 2. The van der Waals surface area contributed by atoms with Gasteiger partial charge in [0.1, 0.15) is 12.1 Å². The highest BCUT2D eigenvalue weighted by molar-refractivity contribution is 5.93. The van der Waals surface area contributed by atoms with E-state index in [0.29, 0.717) is 12.1 Å². The molecule has 4 aromatic rings. The minimum atomic E-state index is -1.36. The Morgan fingerprint density at radius 2 is 1.62 bits per heavy atom. The van der Waals surface area contributed by atoms with Crippen molar-refractivity contribution in [1.82, 2.24) is 4.57 Å². The predicted octanol–water partition coefficient (Wildman–Crippen LogP) is 4.94. The lowest BCUT2D eigenvalue weighted by Gasteiger charge is -2.34. The summed E-state index contributed by atoms with van der Waals surface area (Å²) in [6.07, 6.45) is 1.85. The van der Waals surface area contributed by atoms with E-state index in [2.05, 4.69) is 0 Å². The van der Waals surface area contributed by atoms with E-state index in [1.165, 1.54) is 13.8 Å². The summed E-state index contributed by atoms with van der Waals surface area (Å²) in [5.74, 6) is -4.23. The van der Waals surface area contributed by atoms with Crippen molar-refractivity contribution in [3.05, 3.63) is 114 Å². The van der Waals surface area contributed by atoms with Crippen molar-refractivity contribution in [3.8, 4) is 0 Å². The number of hydrogen-bond acceptors (Lipinski definition) is 6. The van der Waals surface area contributed by atoms with Crippen molar-refractivity contribution in [1.29, 1.82) is 0 Å². The van der Waals surface area contributed by atoms with E-state index < -0.39 is 35.6 Å². The summed E-state index contributed by atoms with van der Waals surface area (Å²) in [6, 6.07) is 25.7. The first kappa shape index (κ1) is 26.0. The quantitative estimate of drug-likeness (QED) is 0.258. The van der Waals surface area contributed by atoms with Gasteiger partial charge in [0.05, 0.1) is 12.5 Å². The molecule has 0 spiro atoms. The van der Waals surface area contributed by atoms with E-state index in [9.17, 15) is 14.7 Å². The summed E-state index contributed by atoms with van der Waals surface area (Å²) in [6.45, 7) is 5.49. The largest absolute Gasteiger partial charge is 0.480 e. The van der Waals surface area contributed by atoms with Crippen LogP contribution in [0.3, 0.4) is 0 Å². The van der Waals surface area contributed by atoms with Crippen molar-refractivity contribution in [3.63, 3.8) is 0 Å². The first-order valence-corrected chi connectivity index (χ1v) is 12.9. The van der Waals surface area contributed by atoms with Gasteiger partial charge < -0.3 is 19.3 Å². The Bertz CT molecular complexity index is 1520. The normalized spacial score (nSPS) is 16.3. The van der Waals surface area contributed by atoms with Crippen LogP contribution in [0.25, 0.3) is 11.0 Å². The van der Waals surface area contributed by atoms with Gasteiger partial charge in [0.2, 0.25) is 12.4 Å². The molecular formula is C31H31N2O6+. The summed E-state index contributed by atoms with van der Waals surface area (Å²) >= 11 is 0. The lowest BCUT2D eigenvalue weighted by molar-refractivity contribution is -0.663. The number of aromatic nitrogens is 2. The maximum Gasteiger partial charge on any atom is 0.352 e. The van der Waals surface area contributed by atoms with Gasteiger partial charge in [0, 0.05) is 13.8 Å². The molecule has 0 bridgehead atoms. The monoisotopic (exact) mass is 527 g/mol. The second-order valence-electron chi connectivity index (χ2n) is 9.82. The molecule has 0 aliphatic carbocycles. The highest BCUT2D eigenvalue weighted by Crippen LogP contribution is 2.42. The molecule has 0 amide bonds. The molecule has 0 saturated heterocycles. The topological polar surface area (TPSA) is 90.9 Å². The van der Waals surface area contributed by atoms with Gasteiger partial charge in [-0.05, 0) is 30.2 Å². The molecule has 1 N–H and O–H groups in total. The van der Waals surface area contributed by atoms with Gasteiger partial charge in [-0.15, -0.1) is 0 Å². The highest BCUT2D eigenvalue weighted by atomic mass is 16.8. The van der Waals surface area contributed by atoms with Crippen molar-refractivity contribution >= 4 is 23.0 Å². The zero-order valence-corrected chi connectivity index (χ0v) is 22.1. The number of ether oxygens (including phenoxy) is 3. The minimum absolute atomic E-state index is 0.138. The minimum Gasteiger partial charge on any atom is -0.480 e. The van der Waals surface area contributed by atoms with E-state index >= 15 is 0 Å². The van der Waals surface area contributed by atoms with Crippen molar-refractivity contribution in [2.75, 3.05) is 6.61 Å². The molecule has 1 aromatic heterocycles. The van der Waals surface area contributed by atoms with E-state index in [-0.39, 0.29) is 12.2 Å². The first-order chi connectivity index (χ1) is 18.8. The molecule has 0 radical (unpaired) electrons. The van der Waals surface area contributed by atoms with Crippen LogP contribution in [-0.2, 0) is 30.3 Å². The Kier molecular flexibility index (Phi) is 7.11. The fourth-order valence-electron chi connectivity index (χ4n) is 5.07. The third kappa shape index (κ3) is 5.23. The summed E-state index contributed by atoms with van der Waals surface area (Å²) in [5, 5.41) is 11.0. The van der Waals surface area contributed by atoms with Gasteiger partial charge in [0.15, 0.2) is 11.0 Å². The molecule has 0 fully saturated rings. The fourth-order valence-corrected chi connectivity index (χ4v) is 5.07. The number of benzene rings is 3. The van der Waals surface area contributed by atoms with E-state index in [1.807, 2.05) is 83.7 Å². The van der Waals surface area contributed by atoms with Crippen LogP contribution >= 0.6 is 0 Å². The van der Waals surface area contributed by atoms with Crippen molar-refractivity contribution in [2.24, 2.45) is 0 Å². The van der Waals surface area contributed by atoms with Crippen molar-refractivity contribution in [2.45, 2.75) is 45.1 Å². The van der Waals surface area contributed by atoms with Crippen LogP contribution in [0.1, 0.15) is 43.9 Å². The molecular weight excluding hydrogens is 496 g/mol. The molecule has 3 aromatic carbocycles. The second kappa shape index (κ2) is 10.6. The zero-order chi connectivity index (χ0) is 27.6. The lowest BCUT2D eigenvalue weighted by atomic mass is 9.84. The maximum absolute atomic E-state index is 13.8. The fraction of sp³-hybridized carbons (Fsp3) is 0.258. The number of cyclic esters (lactones) is 1. The standard InChI is InChI=1S/C31H30N2O6/c1-4-37-30(36)27(25(22-15-9-6-10-16-22)26-28(34)38-31(2,3)39-29(26)35)33-20-32(19-21-13-7-5-8-14-21)23-17-11-12-18-24(23)33/h5-18,20,25,27H,4,19H2,1-3H3/p+1. The number of fused-ring (bicyclic) bond motifs is 1. The van der Waals surface area contributed by atoms with Gasteiger partial charge in [-0.25, -0.2) is 18.7 Å². The number of aliphatic hydroxyl groups excluding tert-OH is 1. The molecule has 2 atom stereocenters. The number of hydrogen-bond donors (Lipinski definition) is 1. The molecule has 1 aliphatic rings. The number of para-hydroxylation sites is 2. The van der Waals surface area contributed by atoms with Crippen molar-refractivity contribution < 1.29 is 33.5 Å². The number of carbonyl (C=O) groups is 2. The molecule has 2 heterocycles. The van der Waals surface area contributed by atoms with Gasteiger partial charge in [0.25, 0.3) is 11.7 Å². The summed E-state index contributed by atoms with van der Waals surface area (Å²) in [4.78, 5) is 27.2. The molecule has 2 unspecified atom stereocenters. The summed E-state index contributed by atoms with van der Waals surface area (Å²) in [5.41, 5.74) is 3.21. The Labute approximate surface area is 226 Å². The summed E-state index contributed by atoms with van der Waals surface area (Å²) in [7, 11) is 0. The second-order valence-corrected chi connectivity index (χ2v) is 9.82. The molecule has 0 saturated carbocycles. The van der Waals surface area contributed by atoms with Crippen LogP contribution in [0.15, 0.2) is 103 Å². The van der Waals surface area contributed by atoms with Crippen LogP contribution in [0.4, 0.5) is 0 Å². The molecule has 8 nitrogen and oxygen atoms in total. The number of esters is 2. The number of imidazole rings is 1. The number of carbonyl (C=O) groups excluding carboxylic acids is 2.